The number of nitrogens with one attached hydrogen (secondary N) is 1. The first-order chi connectivity index (χ1) is 8.50. The van der Waals surface area contributed by atoms with E-state index in [2.05, 4.69) is 17.2 Å². The molecule has 0 radical (unpaired) electrons. The molecule has 0 spiro atoms. The third-order valence-electron chi connectivity index (χ3n) is 3.55. The van der Waals surface area contributed by atoms with Crippen LogP contribution in [0.1, 0.15) is 43.0 Å². The minimum absolute atomic E-state index is 0.0128. The summed E-state index contributed by atoms with van der Waals surface area (Å²) >= 11 is 0. The number of rotatable bonds is 3. The van der Waals surface area contributed by atoms with Gasteiger partial charge in [0, 0.05) is 25.8 Å². The molecule has 1 N–H and O–H groups in total. The maximum Gasteiger partial charge on any atom is 0.254 e. The van der Waals surface area contributed by atoms with E-state index in [0.717, 1.165) is 5.82 Å². The molecule has 1 aliphatic rings. The van der Waals surface area contributed by atoms with Gasteiger partial charge >= 0.3 is 0 Å². The van der Waals surface area contributed by atoms with Crippen molar-refractivity contribution in [2.24, 2.45) is 0 Å². The summed E-state index contributed by atoms with van der Waals surface area (Å²) in [7, 11) is 3.49. The van der Waals surface area contributed by atoms with Crippen molar-refractivity contribution in [1.82, 2.24) is 9.88 Å². The number of carbonyl (C=O) groups is 1. The molecule has 1 fully saturated rings. The molecular weight excluding hydrogens is 226 g/mol. The molecule has 0 aliphatic heterocycles. The average Bonchev–Trinajstić information content (AvgIpc) is 2.76. The van der Waals surface area contributed by atoms with Gasteiger partial charge in [-0.1, -0.05) is 12.8 Å². The Morgan fingerprint density at radius 3 is 2.50 bits per heavy atom. The number of hydrogen-bond acceptors (Lipinski definition) is 3. The summed E-state index contributed by atoms with van der Waals surface area (Å²) in [6.07, 6.45) is 6.57. The van der Waals surface area contributed by atoms with Gasteiger partial charge in [0.05, 0.1) is 5.56 Å². The molecule has 0 aromatic carbocycles. The van der Waals surface area contributed by atoms with Crippen LogP contribution in [0.2, 0.25) is 0 Å². The highest BCUT2D eigenvalue weighted by molar-refractivity contribution is 5.93. The SMILES string of the molecule is CN(C)C(=O)c1ccc(NC2(C)CCCC2)nc1. The van der Waals surface area contributed by atoms with Crippen LogP contribution in [0.5, 0.6) is 0 Å². The number of aromatic nitrogens is 1. The van der Waals surface area contributed by atoms with Crippen LogP contribution < -0.4 is 5.32 Å². The zero-order chi connectivity index (χ0) is 13.2. The standard InChI is InChI=1S/C14H21N3O/c1-14(8-4-5-9-14)16-12-7-6-11(10-15-12)13(18)17(2)3/h6-7,10H,4-5,8-9H2,1-3H3,(H,15,16). The summed E-state index contributed by atoms with van der Waals surface area (Å²) in [5.41, 5.74) is 0.794. The smallest absolute Gasteiger partial charge is 0.254 e. The Kier molecular flexibility index (Phi) is 3.55. The van der Waals surface area contributed by atoms with Crippen LogP contribution in [0.3, 0.4) is 0 Å². The molecule has 18 heavy (non-hydrogen) atoms. The maximum absolute atomic E-state index is 11.7. The fourth-order valence-electron chi connectivity index (χ4n) is 2.44. The number of amides is 1. The van der Waals surface area contributed by atoms with Crippen molar-refractivity contribution in [2.45, 2.75) is 38.1 Å². The Bertz CT molecular complexity index is 419. The summed E-state index contributed by atoms with van der Waals surface area (Å²) in [6, 6.07) is 3.72. The van der Waals surface area contributed by atoms with E-state index in [1.54, 1.807) is 25.2 Å². The van der Waals surface area contributed by atoms with Crippen LogP contribution in [-0.2, 0) is 0 Å². The first-order valence-electron chi connectivity index (χ1n) is 6.46. The Morgan fingerprint density at radius 2 is 2.00 bits per heavy atom. The molecule has 0 unspecified atom stereocenters. The second-order valence-electron chi connectivity index (χ2n) is 5.52. The summed E-state index contributed by atoms with van der Waals surface area (Å²) in [5, 5.41) is 3.48. The lowest BCUT2D eigenvalue weighted by Gasteiger charge is -2.26. The van der Waals surface area contributed by atoms with Crippen LogP contribution in [0.25, 0.3) is 0 Å². The third-order valence-corrected chi connectivity index (χ3v) is 3.55. The van der Waals surface area contributed by atoms with Gasteiger partial charge in [0.15, 0.2) is 0 Å². The van der Waals surface area contributed by atoms with Gasteiger partial charge in [-0.3, -0.25) is 4.79 Å². The summed E-state index contributed by atoms with van der Waals surface area (Å²) in [5.74, 6) is 0.843. The van der Waals surface area contributed by atoms with Gasteiger partial charge in [-0.05, 0) is 31.9 Å². The predicted octanol–water partition coefficient (Wildman–Crippen LogP) is 2.53. The number of nitrogens with zero attached hydrogens (tertiary/aromatic N) is 2. The van der Waals surface area contributed by atoms with Crippen molar-refractivity contribution in [1.29, 1.82) is 0 Å². The van der Waals surface area contributed by atoms with E-state index in [9.17, 15) is 4.79 Å². The van der Waals surface area contributed by atoms with Crippen molar-refractivity contribution < 1.29 is 4.79 Å². The second-order valence-corrected chi connectivity index (χ2v) is 5.52. The highest BCUT2D eigenvalue weighted by Crippen LogP contribution is 2.31. The number of pyridine rings is 1. The highest BCUT2D eigenvalue weighted by atomic mass is 16.2. The first kappa shape index (κ1) is 12.9. The normalized spacial score (nSPS) is 17.5. The second kappa shape index (κ2) is 4.96. The number of hydrogen-bond donors (Lipinski definition) is 1. The third kappa shape index (κ3) is 2.81. The maximum atomic E-state index is 11.7. The molecule has 4 heteroatoms. The summed E-state index contributed by atoms with van der Waals surface area (Å²) < 4.78 is 0. The molecule has 1 aliphatic carbocycles. The van der Waals surface area contributed by atoms with E-state index in [0.29, 0.717) is 5.56 Å². The van der Waals surface area contributed by atoms with Gasteiger partial charge in [0.2, 0.25) is 0 Å². The monoisotopic (exact) mass is 247 g/mol. The van der Waals surface area contributed by atoms with Gasteiger partial charge < -0.3 is 10.2 Å². The van der Waals surface area contributed by atoms with Crippen molar-refractivity contribution in [3.05, 3.63) is 23.9 Å². The molecule has 98 valence electrons. The zero-order valence-electron chi connectivity index (χ0n) is 11.4. The van der Waals surface area contributed by atoms with Crippen LogP contribution >= 0.6 is 0 Å². The number of anilines is 1. The molecule has 0 atom stereocenters. The van der Waals surface area contributed by atoms with E-state index in [-0.39, 0.29) is 11.4 Å². The van der Waals surface area contributed by atoms with Gasteiger partial charge in [0.1, 0.15) is 5.82 Å². The molecule has 1 aromatic heterocycles. The van der Waals surface area contributed by atoms with E-state index >= 15 is 0 Å². The van der Waals surface area contributed by atoms with Gasteiger partial charge in [-0.25, -0.2) is 4.98 Å². The first-order valence-corrected chi connectivity index (χ1v) is 6.46. The zero-order valence-corrected chi connectivity index (χ0v) is 11.4. The quantitative estimate of drug-likeness (QED) is 0.892. The molecule has 2 rings (SSSR count). The van der Waals surface area contributed by atoms with Gasteiger partial charge in [0.25, 0.3) is 5.91 Å². The van der Waals surface area contributed by atoms with Crippen LogP contribution in [-0.4, -0.2) is 35.4 Å². The van der Waals surface area contributed by atoms with Crippen LogP contribution in [0, 0.1) is 0 Å². The van der Waals surface area contributed by atoms with Gasteiger partial charge in [-0.15, -0.1) is 0 Å². The van der Waals surface area contributed by atoms with Crippen molar-refractivity contribution in [3.8, 4) is 0 Å². The van der Waals surface area contributed by atoms with E-state index < -0.39 is 0 Å². The van der Waals surface area contributed by atoms with E-state index in [1.165, 1.54) is 25.7 Å². The molecule has 4 nitrogen and oxygen atoms in total. The molecule has 1 aromatic rings. The lowest BCUT2D eigenvalue weighted by molar-refractivity contribution is 0.0827. The summed E-state index contributed by atoms with van der Waals surface area (Å²) in [6.45, 7) is 2.24. The Balaban J connectivity index is 2.06. The Morgan fingerprint density at radius 1 is 1.33 bits per heavy atom. The van der Waals surface area contributed by atoms with Crippen LogP contribution in [0.15, 0.2) is 18.3 Å². The van der Waals surface area contributed by atoms with E-state index in [1.807, 2.05) is 12.1 Å². The molecule has 1 saturated carbocycles. The topological polar surface area (TPSA) is 45.2 Å². The lowest BCUT2D eigenvalue weighted by Crippen LogP contribution is -2.31. The fourth-order valence-corrected chi connectivity index (χ4v) is 2.44. The molecular formula is C14H21N3O. The fraction of sp³-hybridized carbons (Fsp3) is 0.571. The van der Waals surface area contributed by atoms with Crippen LogP contribution in [0.4, 0.5) is 5.82 Å². The number of carbonyl (C=O) groups excluding carboxylic acids is 1. The molecule has 1 heterocycles. The van der Waals surface area contributed by atoms with Crippen molar-refractivity contribution >= 4 is 11.7 Å². The minimum Gasteiger partial charge on any atom is -0.365 e. The largest absolute Gasteiger partial charge is 0.365 e. The summed E-state index contributed by atoms with van der Waals surface area (Å²) in [4.78, 5) is 17.6. The predicted molar refractivity (Wildman–Crippen MR) is 72.8 cm³/mol. The molecule has 1 amide bonds. The van der Waals surface area contributed by atoms with Crippen molar-refractivity contribution in [2.75, 3.05) is 19.4 Å². The average molecular weight is 247 g/mol. The lowest BCUT2D eigenvalue weighted by atomic mass is 10.0. The highest BCUT2D eigenvalue weighted by Gasteiger charge is 2.28. The molecule has 0 saturated heterocycles. The molecule has 0 bridgehead atoms. The van der Waals surface area contributed by atoms with Crippen molar-refractivity contribution in [3.63, 3.8) is 0 Å². The van der Waals surface area contributed by atoms with Gasteiger partial charge in [-0.2, -0.15) is 0 Å². The Hall–Kier alpha value is -1.58. The minimum atomic E-state index is -0.0128. The Labute approximate surface area is 108 Å². The van der Waals surface area contributed by atoms with E-state index in [4.69, 9.17) is 0 Å².